The van der Waals surface area contributed by atoms with Crippen LogP contribution in [0.3, 0.4) is 0 Å². The molecule has 0 unspecified atom stereocenters. The molecule has 1 aromatic carbocycles. The number of hydrogen-bond acceptors (Lipinski definition) is 5. The lowest BCUT2D eigenvalue weighted by molar-refractivity contribution is -0.659. The van der Waals surface area contributed by atoms with E-state index >= 15 is 0 Å². The molecule has 0 fully saturated rings. The normalized spacial score (nSPS) is 10.7. The van der Waals surface area contributed by atoms with Crippen molar-refractivity contribution in [2.45, 2.75) is 13.8 Å². The second-order valence-corrected chi connectivity index (χ2v) is 4.55. The van der Waals surface area contributed by atoms with Crippen LogP contribution in [0.1, 0.15) is 13.8 Å². The molecule has 114 valence electrons. The zero-order valence-electron chi connectivity index (χ0n) is 12.9. The topological polar surface area (TPSA) is 79.7 Å². The van der Waals surface area contributed by atoms with Crippen LogP contribution in [0, 0.1) is 0 Å². The standard InChI is InChI=1S/C14H21N6.H2O/c1-5-20(6-2)13-9-7-12(8-10-13)16-17-14-18(3)11-15-19(14)4;/h7-11H,5-6H2,1-4H3;1H2/q+1;/p-1. The van der Waals surface area contributed by atoms with Crippen LogP contribution in [0.25, 0.3) is 0 Å². The fourth-order valence-corrected chi connectivity index (χ4v) is 2.04. The molecule has 1 heterocycles. The largest absolute Gasteiger partial charge is 0.870 e. The lowest BCUT2D eigenvalue weighted by atomic mass is 10.2. The van der Waals surface area contributed by atoms with E-state index < -0.39 is 0 Å². The molecular weight excluding hydrogens is 268 g/mol. The Balaban J connectivity index is 0.00000220. The Labute approximate surface area is 124 Å². The van der Waals surface area contributed by atoms with E-state index in [-0.39, 0.29) is 5.48 Å². The molecule has 0 aliphatic rings. The molecule has 2 rings (SSSR count). The third kappa shape index (κ3) is 3.85. The number of aromatic nitrogens is 3. The number of nitrogens with zero attached hydrogens (tertiary/aromatic N) is 6. The van der Waals surface area contributed by atoms with Gasteiger partial charge in [0, 0.05) is 23.9 Å². The van der Waals surface area contributed by atoms with E-state index in [0.717, 1.165) is 18.8 Å². The maximum Gasteiger partial charge on any atom is 0.403 e. The zero-order valence-corrected chi connectivity index (χ0v) is 12.9. The van der Waals surface area contributed by atoms with Crippen LogP contribution in [0.5, 0.6) is 0 Å². The Morgan fingerprint density at radius 3 is 2.24 bits per heavy atom. The zero-order chi connectivity index (χ0) is 14.5. The molecule has 0 radical (unpaired) electrons. The van der Waals surface area contributed by atoms with Crippen molar-refractivity contribution in [2.24, 2.45) is 24.3 Å². The third-order valence-electron chi connectivity index (χ3n) is 3.24. The summed E-state index contributed by atoms with van der Waals surface area (Å²) in [6.07, 6.45) is 1.71. The van der Waals surface area contributed by atoms with Gasteiger partial charge in [0.1, 0.15) is 0 Å². The van der Waals surface area contributed by atoms with Gasteiger partial charge < -0.3 is 10.4 Å². The number of benzene rings is 1. The number of hydrogen-bond donors (Lipinski definition) is 0. The fraction of sp³-hybridized carbons (Fsp3) is 0.429. The minimum Gasteiger partial charge on any atom is -0.870 e. The molecule has 0 saturated heterocycles. The summed E-state index contributed by atoms with van der Waals surface area (Å²) in [5, 5.41) is 12.6. The second-order valence-electron chi connectivity index (χ2n) is 4.55. The van der Waals surface area contributed by atoms with Crippen molar-refractivity contribution in [3.63, 3.8) is 0 Å². The third-order valence-corrected chi connectivity index (χ3v) is 3.24. The maximum absolute atomic E-state index is 4.25. The van der Waals surface area contributed by atoms with E-state index in [1.807, 2.05) is 30.8 Å². The van der Waals surface area contributed by atoms with Crippen molar-refractivity contribution in [3.8, 4) is 0 Å². The van der Waals surface area contributed by atoms with Gasteiger partial charge in [-0.25, -0.2) is 4.57 Å². The van der Waals surface area contributed by atoms with E-state index in [9.17, 15) is 0 Å². The molecule has 1 N–H and O–H groups in total. The molecule has 21 heavy (non-hydrogen) atoms. The fourth-order valence-electron chi connectivity index (χ4n) is 2.04. The molecule has 0 amide bonds. The summed E-state index contributed by atoms with van der Waals surface area (Å²) in [7, 11) is 3.74. The summed E-state index contributed by atoms with van der Waals surface area (Å²) < 4.78 is 3.52. The molecule has 2 aromatic rings. The molecule has 0 spiro atoms. The van der Waals surface area contributed by atoms with Crippen molar-refractivity contribution < 1.29 is 10.0 Å². The van der Waals surface area contributed by atoms with E-state index in [0.29, 0.717) is 5.95 Å². The Morgan fingerprint density at radius 1 is 1.14 bits per heavy atom. The van der Waals surface area contributed by atoms with Gasteiger partial charge in [0.2, 0.25) is 6.33 Å². The Bertz CT molecular complexity index is 567. The monoisotopic (exact) mass is 290 g/mol. The molecule has 0 aliphatic carbocycles. The van der Waals surface area contributed by atoms with Crippen molar-refractivity contribution in [2.75, 3.05) is 18.0 Å². The minimum atomic E-state index is 0. The SMILES string of the molecule is CCN(CC)c1ccc(N=Nc2n(C)nc[n+]2C)cc1.[OH-]. The first-order valence-electron chi connectivity index (χ1n) is 6.80. The number of azo groups is 1. The highest BCUT2D eigenvalue weighted by molar-refractivity contribution is 5.52. The first-order valence-corrected chi connectivity index (χ1v) is 6.80. The molecule has 0 bridgehead atoms. The highest BCUT2D eigenvalue weighted by Gasteiger charge is 2.11. The minimum absolute atomic E-state index is 0. The highest BCUT2D eigenvalue weighted by Crippen LogP contribution is 2.20. The maximum atomic E-state index is 4.25. The summed E-state index contributed by atoms with van der Waals surface area (Å²) in [5.74, 6) is 0.706. The van der Waals surface area contributed by atoms with Crippen LogP contribution >= 0.6 is 0 Å². The number of anilines is 1. The predicted molar refractivity (Wildman–Crippen MR) is 80.5 cm³/mol. The first-order chi connectivity index (χ1) is 9.65. The summed E-state index contributed by atoms with van der Waals surface area (Å²) in [6, 6.07) is 8.11. The molecule has 1 aromatic heterocycles. The van der Waals surface area contributed by atoms with Crippen molar-refractivity contribution >= 4 is 17.3 Å². The van der Waals surface area contributed by atoms with E-state index in [4.69, 9.17) is 0 Å². The first kappa shape index (κ1) is 16.8. The van der Waals surface area contributed by atoms with Gasteiger partial charge in [0.05, 0.1) is 19.8 Å². The molecule has 0 atom stereocenters. The van der Waals surface area contributed by atoms with Gasteiger partial charge >= 0.3 is 5.95 Å². The summed E-state index contributed by atoms with van der Waals surface area (Å²) in [5.41, 5.74) is 2.04. The van der Waals surface area contributed by atoms with Crippen molar-refractivity contribution in [1.82, 2.24) is 9.78 Å². The molecule has 0 saturated carbocycles. The van der Waals surface area contributed by atoms with Gasteiger partial charge in [0.25, 0.3) is 0 Å². The highest BCUT2D eigenvalue weighted by atomic mass is 16.0. The average molecular weight is 290 g/mol. The summed E-state index contributed by atoms with van der Waals surface area (Å²) in [6.45, 7) is 6.31. The van der Waals surface area contributed by atoms with Crippen molar-refractivity contribution in [1.29, 1.82) is 0 Å². The second kappa shape index (κ2) is 7.49. The quantitative estimate of drug-likeness (QED) is 0.626. The van der Waals surface area contributed by atoms with Crippen LogP contribution in [0.2, 0.25) is 0 Å². The Morgan fingerprint density at radius 2 is 1.76 bits per heavy atom. The van der Waals surface area contributed by atoms with E-state index in [2.05, 4.69) is 46.2 Å². The molecular formula is C14H22N6O. The molecule has 7 nitrogen and oxygen atoms in total. The van der Waals surface area contributed by atoms with Gasteiger partial charge in [-0.3, -0.25) is 0 Å². The Hall–Kier alpha value is -2.28. The van der Waals surface area contributed by atoms with Gasteiger partial charge in [-0.2, -0.15) is 0 Å². The van der Waals surface area contributed by atoms with Crippen LogP contribution in [0.15, 0.2) is 40.8 Å². The van der Waals surface area contributed by atoms with Crippen LogP contribution in [-0.2, 0) is 14.1 Å². The molecule has 7 heteroatoms. The van der Waals surface area contributed by atoms with Gasteiger partial charge in [-0.15, -0.1) is 4.68 Å². The number of aryl methyl sites for hydroxylation is 2. The lowest BCUT2D eigenvalue weighted by Gasteiger charge is -2.20. The van der Waals surface area contributed by atoms with Crippen LogP contribution in [-0.4, -0.2) is 28.3 Å². The van der Waals surface area contributed by atoms with Gasteiger partial charge in [-0.1, -0.05) is 5.11 Å². The van der Waals surface area contributed by atoms with E-state index in [1.54, 1.807) is 11.0 Å². The average Bonchev–Trinajstić information content (AvgIpc) is 2.78. The van der Waals surface area contributed by atoms with Crippen molar-refractivity contribution in [3.05, 3.63) is 30.6 Å². The summed E-state index contributed by atoms with van der Waals surface area (Å²) >= 11 is 0. The Kier molecular flexibility index (Phi) is 5.98. The van der Waals surface area contributed by atoms with Crippen LogP contribution in [0.4, 0.5) is 17.3 Å². The van der Waals surface area contributed by atoms with E-state index in [1.165, 1.54) is 5.69 Å². The van der Waals surface area contributed by atoms with Crippen LogP contribution < -0.4 is 9.47 Å². The lowest BCUT2D eigenvalue weighted by Crippen LogP contribution is -2.25. The van der Waals surface area contributed by atoms with Gasteiger partial charge in [0.15, 0.2) is 0 Å². The molecule has 0 aliphatic heterocycles. The summed E-state index contributed by atoms with van der Waals surface area (Å²) in [4.78, 5) is 2.29. The number of rotatable bonds is 5. The predicted octanol–water partition coefficient (Wildman–Crippen LogP) is 2.33. The van der Waals surface area contributed by atoms with Gasteiger partial charge in [-0.05, 0) is 43.2 Å². The smallest absolute Gasteiger partial charge is 0.403 e.